The van der Waals surface area contributed by atoms with E-state index in [1.54, 1.807) is 12.1 Å². The van der Waals surface area contributed by atoms with Gasteiger partial charge >= 0.3 is 0 Å². The first-order valence-electron chi connectivity index (χ1n) is 7.21. The summed E-state index contributed by atoms with van der Waals surface area (Å²) in [5.41, 5.74) is 0.126. The SMILES string of the molecule is C#CCNC(=O)C1CCN(S(=O)(=O)c2ccccc2C#N)CC1. The molecule has 1 aromatic rings. The molecule has 0 radical (unpaired) electrons. The van der Waals surface area contributed by atoms with Crippen molar-refractivity contribution in [2.24, 2.45) is 5.92 Å². The van der Waals surface area contributed by atoms with Crippen LogP contribution in [0.4, 0.5) is 0 Å². The van der Waals surface area contributed by atoms with Crippen molar-refractivity contribution in [2.45, 2.75) is 17.7 Å². The summed E-state index contributed by atoms with van der Waals surface area (Å²) in [4.78, 5) is 11.9. The van der Waals surface area contributed by atoms with Crippen LogP contribution >= 0.6 is 0 Å². The lowest BCUT2D eigenvalue weighted by atomic mass is 9.97. The number of terminal acetylenes is 1. The van der Waals surface area contributed by atoms with Crippen molar-refractivity contribution in [3.05, 3.63) is 29.8 Å². The lowest BCUT2D eigenvalue weighted by Gasteiger charge is -2.30. The van der Waals surface area contributed by atoms with E-state index in [-0.39, 0.29) is 41.9 Å². The van der Waals surface area contributed by atoms with Crippen LogP contribution < -0.4 is 5.32 Å². The van der Waals surface area contributed by atoms with Crippen molar-refractivity contribution < 1.29 is 13.2 Å². The maximum absolute atomic E-state index is 12.7. The molecule has 2 rings (SSSR count). The quantitative estimate of drug-likeness (QED) is 0.823. The predicted molar refractivity (Wildman–Crippen MR) is 84.5 cm³/mol. The second kappa shape index (κ2) is 7.28. The topological polar surface area (TPSA) is 90.3 Å². The third-order valence-electron chi connectivity index (χ3n) is 3.81. The van der Waals surface area contributed by atoms with E-state index in [1.165, 1.54) is 16.4 Å². The molecule has 1 heterocycles. The van der Waals surface area contributed by atoms with Crippen LogP contribution in [-0.2, 0) is 14.8 Å². The summed E-state index contributed by atoms with van der Waals surface area (Å²) < 4.78 is 26.7. The maximum Gasteiger partial charge on any atom is 0.244 e. The molecule has 120 valence electrons. The van der Waals surface area contributed by atoms with Gasteiger partial charge in [-0.2, -0.15) is 9.57 Å². The van der Waals surface area contributed by atoms with Crippen LogP contribution in [0.3, 0.4) is 0 Å². The molecule has 0 saturated carbocycles. The highest BCUT2D eigenvalue weighted by Gasteiger charge is 2.33. The van der Waals surface area contributed by atoms with Gasteiger partial charge < -0.3 is 5.32 Å². The molecule has 0 spiro atoms. The van der Waals surface area contributed by atoms with Crippen molar-refractivity contribution >= 4 is 15.9 Å². The normalized spacial score (nSPS) is 16.3. The standard InChI is InChI=1S/C16H17N3O3S/c1-2-9-18-16(20)13-7-10-19(11-8-13)23(21,22)15-6-4-3-5-14(15)12-17/h1,3-6,13H,7-11H2,(H,18,20). The van der Waals surface area contributed by atoms with Crippen LogP contribution in [0, 0.1) is 29.6 Å². The Kier molecular flexibility index (Phi) is 5.38. The maximum atomic E-state index is 12.7. The van der Waals surface area contributed by atoms with Crippen LogP contribution in [0.5, 0.6) is 0 Å². The summed E-state index contributed by atoms with van der Waals surface area (Å²) >= 11 is 0. The highest BCUT2D eigenvalue weighted by Crippen LogP contribution is 2.25. The molecule has 7 heteroatoms. The average Bonchev–Trinajstić information content (AvgIpc) is 2.59. The van der Waals surface area contributed by atoms with Crippen LogP contribution in [0.25, 0.3) is 0 Å². The minimum absolute atomic E-state index is 0.0118. The number of hydrogen-bond donors (Lipinski definition) is 1. The monoisotopic (exact) mass is 331 g/mol. The molecule has 1 amide bonds. The molecule has 1 saturated heterocycles. The largest absolute Gasteiger partial charge is 0.345 e. The Hall–Kier alpha value is -2.35. The van der Waals surface area contributed by atoms with E-state index in [9.17, 15) is 13.2 Å². The van der Waals surface area contributed by atoms with Gasteiger partial charge in [-0.3, -0.25) is 4.79 Å². The first-order chi connectivity index (χ1) is 11.0. The molecule has 0 atom stereocenters. The summed E-state index contributed by atoms with van der Waals surface area (Å²) in [7, 11) is -3.72. The van der Waals surface area contributed by atoms with E-state index in [2.05, 4.69) is 11.2 Å². The second-order valence-corrected chi connectivity index (χ2v) is 7.11. The lowest BCUT2D eigenvalue weighted by molar-refractivity contribution is -0.125. The van der Waals surface area contributed by atoms with Crippen molar-refractivity contribution in [1.82, 2.24) is 9.62 Å². The zero-order valence-corrected chi connectivity index (χ0v) is 13.3. The molecule has 1 N–H and O–H groups in total. The number of nitriles is 1. The Morgan fingerprint density at radius 2 is 2.00 bits per heavy atom. The van der Waals surface area contributed by atoms with Crippen molar-refractivity contribution in [2.75, 3.05) is 19.6 Å². The van der Waals surface area contributed by atoms with Gasteiger partial charge in [-0.05, 0) is 25.0 Å². The lowest BCUT2D eigenvalue weighted by Crippen LogP contribution is -2.43. The molecule has 0 bridgehead atoms. The fourth-order valence-electron chi connectivity index (χ4n) is 2.56. The number of carbonyl (C=O) groups excluding carboxylic acids is 1. The summed E-state index contributed by atoms with van der Waals surface area (Å²) in [5.74, 6) is 1.96. The fraction of sp³-hybridized carbons (Fsp3) is 0.375. The highest BCUT2D eigenvalue weighted by molar-refractivity contribution is 7.89. The molecular formula is C16H17N3O3S. The summed E-state index contributed by atoms with van der Waals surface area (Å²) in [6, 6.07) is 8.03. The molecule has 0 aliphatic carbocycles. The Balaban J connectivity index is 2.09. The van der Waals surface area contributed by atoms with Gasteiger partial charge in [0.2, 0.25) is 15.9 Å². The van der Waals surface area contributed by atoms with Gasteiger partial charge in [-0.15, -0.1) is 6.42 Å². The van der Waals surface area contributed by atoms with E-state index < -0.39 is 10.0 Å². The minimum atomic E-state index is -3.72. The van der Waals surface area contributed by atoms with Gasteiger partial charge in [-0.1, -0.05) is 18.1 Å². The van der Waals surface area contributed by atoms with Crippen molar-refractivity contribution in [3.8, 4) is 18.4 Å². The van der Waals surface area contributed by atoms with Crippen LogP contribution in [0.2, 0.25) is 0 Å². The smallest absolute Gasteiger partial charge is 0.244 e. The van der Waals surface area contributed by atoms with Gasteiger partial charge in [0, 0.05) is 19.0 Å². The zero-order chi connectivity index (χ0) is 16.9. The van der Waals surface area contributed by atoms with E-state index in [1.807, 2.05) is 6.07 Å². The molecule has 0 aromatic heterocycles. The molecule has 1 fully saturated rings. The molecule has 23 heavy (non-hydrogen) atoms. The van der Waals surface area contributed by atoms with Crippen LogP contribution in [-0.4, -0.2) is 38.3 Å². The average molecular weight is 331 g/mol. The number of nitrogens with one attached hydrogen (secondary N) is 1. The number of rotatable bonds is 4. The Bertz CT molecular complexity index is 766. The van der Waals surface area contributed by atoms with E-state index in [0.717, 1.165) is 0 Å². The van der Waals surface area contributed by atoms with Gasteiger partial charge in [0.25, 0.3) is 0 Å². The summed E-state index contributed by atoms with van der Waals surface area (Å²) in [5, 5.41) is 11.7. The van der Waals surface area contributed by atoms with E-state index >= 15 is 0 Å². The number of amides is 1. The van der Waals surface area contributed by atoms with Gasteiger partial charge in [0.05, 0.1) is 17.0 Å². The van der Waals surface area contributed by atoms with Crippen LogP contribution in [0.15, 0.2) is 29.2 Å². The molecule has 1 aromatic carbocycles. The third kappa shape index (κ3) is 3.70. The number of benzene rings is 1. The molecule has 1 aliphatic heterocycles. The summed E-state index contributed by atoms with van der Waals surface area (Å²) in [6.45, 7) is 0.666. The Labute approximate surface area is 136 Å². The molecular weight excluding hydrogens is 314 g/mol. The van der Waals surface area contributed by atoms with E-state index in [4.69, 9.17) is 11.7 Å². The number of sulfonamides is 1. The van der Waals surface area contributed by atoms with Gasteiger partial charge in [0.1, 0.15) is 6.07 Å². The molecule has 1 aliphatic rings. The fourth-order valence-corrected chi connectivity index (χ4v) is 4.18. The second-order valence-electron chi connectivity index (χ2n) is 5.21. The van der Waals surface area contributed by atoms with Gasteiger partial charge in [0.15, 0.2) is 0 Å². The zero-order valence-electron chi connectivity index (χ0n) is 12.5. The van der Waals surface area contributed by atoms with Crippen molar-refractivity contribution in [1.29, 1.82) is 5.26 Å². The van der Waals surface area contributed by atoms with Crippen LogP contribution in [0.1, 0.15) is 18.4 Å². The van der Waals surface area contributed by atoms with Gasteiger partial charge in [-0.25, -0.2) is 8.42 Å². The Morgan fingerprint density at radius 1 is 1.35 bits per heavy atom. The first kappa shape index (κ1) is 17.0. The third-order valence-corrected chi connectivity index (χ3v) is 5.77. The number of carbonyl (C=O) groups is 1. The van der Waals surface area contributed by atoms with E-state index in [0.29, 0.717) is 12.8 Å². The summed E-state index contributed by atoms with van der Waals surface area (Å²) in [6.07, 6.45) is 5.97. The first-order valence-corrected chi connectivity index (χ1v) is 8.65. The Morgan fingerprint density at radius 3 is 2.61 bits per heavy atom. The van der Waals surface area contributed by atoms with Crippen molar-refractivity contribution in [3.63, 3.8) is 0 Å². The number of hydrogen-bond acceptors (Lipinski definition) is 4. The molecule has 6 nitrogen and oxygen atoms in total. The highest BCUT2D eigenvalue weighted by atomic mass is 32.2. The molecule has 0 unspecified atom stereocenters. The number of piperidine rings is 1. The predicted octanol–water partition coefficient (Wildman–Crippen LogP) is 0.708. The minimum Gasteiger partial charge on any atom is -0.345 e. The number of nitrogens with zero attached hydrogens (tertiary/aromatic N) is 2.